The summed E-state index contributed by atoms with van der Waals surface area (Å²) in [6.45, 7) is 1.77. The van der Waals surface area contributed by atoms with Gasteiger partial charge in [0.15, 0.2) is 0 Å². The van der Waals surface area contributed by atoms with Crippen LogP contribution >= 0.6 is 11.6 Å². The van der Waals surface area contributed by atoms with Gasteiger partial charge in [-0.1, -0.05) is 16.8 Å². The van der Waals surface area contributed by atoms with Gasteiger partial charge in [-0.15, -0.1) is 5.10 Å². The summed E-state index contributed by atoms with van der Waals surface area (Å²) in [5.74, 6) is 0. The van der Waals surface area contributed by atoms with E-state index < -0.39 is 6.43 Å². The van der Waals surface area contributed by atoms with Gasteiger partial charge in [-0.3, -0.25) is 0 Å². The van der Waals surface area contributed by atoms with E-state index in [9.17, 15) is 8.78 Å². The predicted molar refractivity (Wildman–Crippen MR) is 56.1 cm³/mol. The van der Waals surface area contributed by atoms with E-state index in [-0.39, 0.29) is 10.6 Å². The zero-order valence-corrected chi connectivity index (χ0v) is 9.12. The fraction of sp³-hybridized carbons (Fsp3) is 0.200. The molecule has 0 radical (unpaired) electrons. The van der Waals surface area contributed by atoms with Gasteiger partial charge in [-0.25, -0.2) is 13.5 Å². The molecule has 0 N–H and O–H groups in total. The summed E-state index contributed by atoms with van der Waals surface area (Å²) < 4.78 is 26.6. The minimum absolute atomic E-state index is 0.0515. The zero-order valence-electron chi connectivity index (χ0n) is 8.36. The van der Waals surface area contributed by atoms with Crippen molar-refractivity contribution in [2.75, 3.05) is 0 Å². The average Bonchev–Trinajstić information content (AvgIpc) is 2.65. The van der Waals surface area contributed by atoms with E-state index in [0.717, 1.165) is 0 Å². The largest absolute Gasteiger partial charge is 0.265 e. The molecule has 16 heavy (non-hydrogen) atoms. The maximum atomic E-state index is 12.6. The van der Waals surface area contributed by atoms with E-state index in [1.807, 2.05) is 0 Å². The molecule has 2 aromatic rings. The summed E-state index contributed by atoms with van der Waals surface area (Å²) >= 11 is 5.66. The number of hydrogen-bond donors (Lipinski definition) is 0. The predicted octanol–water partition coefficient (Wildman–Crippen LogP) is 3.17. The SMILES string of the molecule is Cc1cn(-c2ccc(Cl)c(C(F)F)c2)nn1. The Morgan fingerprint density at radius 3 is 2.69 bits per heavy atom. The third kappa shape index (κ3) is 2.04. The van der Waals surface area contributed by atoms with E-state index in [1.165, 1.54) is 16.8 Å². The van der Waals surface area contributed by atoms with Gasteiger partial charge >= 0.3 is 0 Å². The maximum absolute atomic E-state index is 12.6. The Morgan fingerprint density at radius 1 is 1.38 bits per heavy atom. The second-order valence-electron chi connectivity index (χ2n) is 3.31. The molecule has 1 heterocycles. The van der Waals surface area contributed by atoms with Crippen LogP contribution in [0.2, 0.25) is 5.02 Å². The van der Waals surface area contributed by atoms with Gasteiger partial charge in [0.2, 0.25) is 0 Å². The van der Waals surface area contributed by atoms with Crippen molar-refractivity contribution < 1.29 is 8.78 Å². The van der Waals surface area contributed by atoms with Crippen LogP contribution in [0, 0.1) is 6.92 Å². The van der Waals surface area contributed by atoms with Crippen molar-refractivity contribution in [3.63, 3.8) is 0 Å². The van der Waals surface area contributed by atoms with Crippen LogP contribution < -0.4 is 0 Å². The number of halogens is 3. The molecule has 6 heteroatoms. The maximum Gasteiger partial charge on any atom is 0.265 e. The molecule has 0 saturated heterocycles. The van der Waals surface area contributed by atoms with E-state index in [1.54, 1.807) is 19.2 Å². The second-order valence-corrected chi connectivity index (χ2v) is 3.72. The molecule has 0 amide bonds. The molecule has 0 saturated carbocycles. The van der Waals surface area contributed by atoms with Crippen LogP contribution in [-0.2, 0) is 0 Å². The molecular formula is C10H8ClF2N3. The smallest absolute Gasteiger partial charge is 0.220 e. The fourth-order valence-electron chi connectivity index (χ4n) is 1.31. The Morgan fingerprint density at radius 2 is 2.12 bits per heavy atom. The molecule has 0 spiro atoms. The molecule has 1 aromatic heterocycles. The highest BCUT2D eigenvalue weighted by Gasteiger charge is 2.13. The summed E-state index contributed by atoms with van der Waals surface area (Å²) in [7, 11) is 0. The Bertz CT molecular complexity index is 511. The molecule has 84 valence electrons. The second kappa shape index (κ2) is 4.17. The summed E-state index contributed by atoms with van der Waals surface area (Å²) in [5.41, 5.74) is 1.03. The Kier molecular flexibility index (Phi) is 2.87. The Balaban J connectivity index is 2.47. The summed E-state index contributed by atoms with van der Waals surface area (Å²) in [6.07, 6.45) is -0.949. The minimum atomic E-state index is -2.60. The molecule has 3 nitrogen and oxygen atoms in total. The first-order chi connectivity index (χ1) is 7.58. The molecule has 0 fully saturated rings. The van der Waals surface area contributed by atoms with Crippen LogP contribution in [-0.4, -0.2) is 15.0 Å². The molecule has 0 aliphatic rings. The lowest BCUT2D eigenvalue weighted by Crippen LogP contribution is -1.97. The number of benzene rings is 1. The molecular weight excluding hydrogens is 236 g/mol. The first-order valence-corrected chi connectivity index (χ1v) is 4.92. The quantitative estimate of drug-likeness (QED) is 0.811. The van der Waals surface area contributed by atoms with Gasteiger partial charge in [0.25, 0.3) is 6.43 Å². The highest BCUT2D eigenvalue weighted by Crippen LogP contribution is 2.28. The fourth-order valence-corrected chi connectivity index (χ4v) is 1.51. The number of aromatic nitrogens is 3. The van der Waals surface area contributed by atoms with E-state index in [2.05, 4.69) is 10.3 Å². The van der Waals surface area contributed by atoms with Crippen molar-refractivity contribution in [2.24, 2.45) is 0 Å². The lowest BCUT2D eigenvalue weighted by Gasteiger charge is -2.06. The van der Waals surface area contributed by atoms with Gasteiger partial charge in [0.05, 0.1) is 17.6 Å². The van der Waals surface area contributed by atoms with Crippen LogP contribution in [0.15, 0.2) is 24.4 Å². The minimum Gasteiger partial charge on any atom is -0.220 e. The molecule has 2 rings (SSSR count). The molecule has 0 atom stereocenters. The average molecular weight is 244 g/mol. The van der Waals surface area contributed by atoms with Crippen molar-refractivity contribution in [1.82, 2.24) is 15.0 Å². The Hall–Kier alpha value is -1.49. The van der Waals surface area contributed by atoms with E-state index in [0.29, 0.717) is 11.4 Å². The molecule has 1 aromatic carbocycles. The molecule has 0 aliphatic heterocycles. The van der Waals surface area contributed by atoms with Crippen LogP contribution in [0.1, 0.15) is 17.7 Å². The van der Waals surface area contributed by atoms with Crippen LogP contribution in [0.4, 0.5) is 8.78 Å². The molecule has 0 aliphatic carbocycles. The van der Waals surface area contributed by atoms with Gasteiger partial charge in [0.1, 0.15) is 0 Å². The summed E-state index contributed by atoms with van der Waals surface area (Å²) in [6, 6.07) is 4.35. The number of aryl methyl sites for hydroxylation is 1. The standard InChI is InChI=1S/C10H8ClF2N3/c1-6-5-16(15-14-6)7-2-3-9(11)8(4-7)10(12)13/h2-5,10H,1H3. The van der Waals surface area contributed by atoms with Crippen molar-refractivity contribution >= 4 is 11.6 Å². The zero-order chi connectivity index (χ0) is 11.7. The summed E-state index contributed by atoms with van der Waals surface area (Å²) in [4.78, 5) is 0. The van der Waals surface area contributed by atoms with Gasteiger partial charge in [-0.05, 0) is 25.1 Å². The number of alkyl halides is 2. The van der Waals surface area contributed by atoms with Crippen LogP contribution in [0.5, 0.6) is 0 Å². The molecule has 0 bridgehead atoms. The Labute approximate surface area is 95.6 Å². The van der Waals surface area contributed by atoms with E-state index >= 15 is 0 Å². The van der Waals surface area contributed by atoms with Crippen molar-refractivity contribution in [1.29, 1.82) is 0 Å². The van der Waals surface area contributed by atoms with Gasteiger partial charge < -0.3 is 0 Å². The van der Waals surface area contributed by atoms with Gasteiger partial charge in [0, 0.05) is 10.6 Å². The highest BCUT2D eigenvalue weighted by molar-refractivity contribution is 6.31. The number of nitrogens with zero attached hydrogens (tertiary/aromatic N) is 3. The number of rotatable bonds is 2. The van der Waals surface area contributed by atoms with E-state index in [4.69, 9.17) is 11.6 Å². The number of hydrogen-bond acceptors (Lipinski definition) is 2. The van der Waals surface area contributed by atoms with Gasteiger partial charge in [-0.2, -0.15) is 0 Å². The van der Waals surface area contributed by atoms with Crippen molar-refractivity contribution in [3.05, 3.63) is 40.7 Å². The van der Waals surface area contributed by atoms with Crippen LogP contribution in [0.25, 0.3) is 5.69 Å². The third-order valence-electron chi connectivity index (χ3n) is 2.09. The van der Waals surface area contributed by atoms with Crippen molar-refractivity contribution in [2.45, 2.75) is 13.3 Å². The highest BCUT2D eigenvalue weighted by atomic mass is 35.5. The van der Waals surface area contributed by atoms with Crippen molar-refractivity contribution in [3.8, 4) is 5.69 Å². The first-order valence-electron chi connectivity index (χ1n) is 4.55. The summed E-state index contributed by atoms with van der Waals surface area (Å²) in [5, 5.41) is 7.63. The topological polar surface area (TPSA) is 30.7 Å². The molecule has 0 unspecified atom stereocenters. The lowest BCUT2D eigenvalue weighted by atomic mass is 10.2. The lowest BCUT2D eigenvalue weighted by molar-refractivity contribution is 0.151. The monoisotopic (exact) mass is 243 g/mol. The third-order valence-corrected chi connectivity index (χ3v) is 2.43. The first kappa shape index (κ1) is 11.0. The normalized spacial score (nSPS) is 11.1. The van der Waals surface area contributed by atoms with Crippen LogP contribution in [0.3, 0.4) is 0 Å².